The molecule has 1 aromatic heterocycles. The zero-order chi connectivity index (χ0) is 9.14. The smallest absolute Gasteiger partial charge is 0.00893 e. The van der Waals surface area contributed by atoms with E-state index < -0.39 is 0 Å². The molecule has 0 N–H and O–H groups in total. The Hall–Kier alpha value is -0.560. The molecule has 0 fully saturated rings. The number of rotatable bonds is 2. The van der Waals surface area contributed by atoms with Gasteiger partial charge in [-0.3, -0.25) is 0 Å². The summed E-state index contributed by atoms with van der Waals surface area (Å²) in [6, 6.07) is 2.26. The van der Waals surface area contributed by atoms with Crippen molar-refractivity contribution >= 4 is 17.4 Å². The van der Waals surface area contributed by atoms with Gasteiger partial charge in [-0.1, -0.05) is 18.6 Å². The van der Waals surface area contributed by atoms with Crippen LogP contribution in [-0.4, -0.2) is 0 Å². The highest BCUT2D eigenvalue weighted by Crippen LogP contribution is 2.23. The van der Waals surface area contributed by atoms with Gasteiger partial charge in [0, 0.05) is 9.75 Å². The molecule has 1 heterocycles. The molecule has 66 valence electrons. The zero-order valence-corrected chi connectivity index (χ0v) is 9.09. The molecule has 1 heteroatoms. The van der Waals surface area contributed by atoms with Crippen LogP contribution in [0.2, 0.25) is 0 Å². The Labute approximate surface area is 78.9 Å². The van der Waals surface area contributed by atoms with Gasteiger partial charge < -0.3 is 0 Å². The maximum Gasteiger partial charge on any atom is 0.00893 e. The molecular formula is C11H16S. The minimum absolute atomic E-state index is 1.15. The van der Waals surface area contributed by atoms with E-state index in [-0.39, 0.29) is 0 Å². The van der Waals surface area contributed by atoms with Crippen LogP contribution in [0.4, 0.5) is 0 Å². The van der Waals surface area contributed by atoms with Crippen LogP contribution < -0.4 is 0 Å². The van der Waals surface area contributed by atoms with Crippen LogP contribution in [0.3, 0.4) is 0 Å². The Bertz CT molecular complexity index is 292. The van der Waals surface area contributed by atoms with Crippen LogP contribution in [-0.2, 0) is 0 Å². The van der Waals surface area contributed by atoms with Crippen LogP contribution in [0.1, 0.15) is 35.6 Å². The number of hydrogen-bond acceptors (Lipinski definition) is 1. The summed E-state index contributed by atoms with van der Waals surface area (Å²) in [5.74, 6) is 0. The van der Waals surface area contributed by atoms with Gasteiger partial charge >= 0.3 is 0 Å². The summed E-state index contributed by atoms with van der Waals surface area (Å²) < 4.78 is 0. The molecule has 0 radical (unpaired) electrons. The summed E-state index contributed by atoms with van der Waals surface area (Å²) in [6.45, 7) is 8.73. The molecular weight excluding hydrogens is 164 g/mol. The monoisotopic (exact) mass is 180 g/mol. The van der Waals surface area contributed by atoms with Crippen molar-refractivity contribution in [2.75, 3.05) is 0 Å². The summed E-state index contributed by atoms with van der Waals surface area (Å²) in [5.41, 5.74) is 2.85. The van der Waals surface area contributed by atoms with E-state index in [2.05, 4.69) is 39.8 Å². The molecule has 0 saturated heterocycles. The first-order chi connectivity index (χ1) is 5.63. The molecule has 0 atom stereocenters. The highest BCUT2D eigenvalue weighted by Gasteiger charge is 1.98. The second-order valence-electron chi connectivity index (χ2n) is 3.21. The van der Waals surface area contributed by atoms with Crippen molar-refractivity contribution in [3.05, 3.63) is 27.0 Å². The summed E-state index contributed by atoms with van der Waals surface area (Å²) >= 11 is 1.88. The van der Waals surface area contributed by atoms with Gasteiger partial charge in [-0.05, 0) is 38.8 Å². The van der Waals surface area contributed by atoms with E-state index in [1.807, 2.05) is 11.3 Å². The van der Waals surface area contributed by atoms with E-state index in [1.54, 1.807) is 0 Å². The lowest BCUT2D eigenvalue weighted by Gasteiger charge is -1.94. The third kappa shape index (κ3) is 2.21. The molecule has 12 heavy (non-hydrogen) atoms. The first kappa shape index (κ1) is 9.53. The van der Waals surface area contributed by atoms with Gasteiger partial charge in [0.15, 0.2) is 0 Å². The Morgan fingerprint density at radius 2 is 2.17 bits per heavy atom. The molecule has 0 bridgehead atoms. The molecule has 1 rings (SSSR count). The average molecular weight is 180 g/mol. The molecule has 0 amide bonds. The van der Waals surface area contributed by atoms with Crippen LogP contribution in [0.15, 0.2) is 11.6 Å². The van der Waals surface area contributed by atoms with Crippen molar-refractivity contribution in [1.29, 1.82) is 0 Å². The molecule has 0 unspecified atom stereocenters. The summed E-state index contributed by atoms with van der Waals surface area (Å²) in [7, 11) is 0. The maximum absolute atomic E-state index is 2.29. The van der Waals surface area contributed by atoms with Gasteiger partial charge in [-0.15, -0.1) is 11.3 Å². The van der Waals surface area contributed by atoms with E-state index in [0.29, 0.717) is 0 Å². The first-order valence-electron chi connectivity index (χ1n) is 4.37. The Morgan fingerprint density at radius 1 is 1.50 bits per heavy atom. The molecule has 0 aliphatic heterocycles. The zero-order valence-electron chi connectivity index (χ0n) is 8.27. The summed E-state index contributed by atoms with van der Waals surface area (Å²) in [5, 5.41) is 0. The predicted octanol–water partition coefficient (Wildman–Crippen LogP) is 4.18. The Morgan fingerprint density at radius 3 is 2.58 bits per heavy atom. The van der Waals surface area contributed by atoms with Crippen molar-refractivity contribution in [2.45, 2.75) is 34.1 Å². The second-order valence-corrected chi connectivity index (χ2v) is 4.67. The summed E-state index contributed by atoms with van der Waals surface area (Å²) in [6.07, 6.45) is 3.44. The van der Waals surface area contributed by atoms with Crippen LogP contribution in [0, 0.1) is 13.8 Å². The fraction of sp³-hybridized carbons (Fsp3) is 0.455. The number of allylic oxidation sites excluding steroid dienone is 1. The second kappa shape index (κ2) is 3.90. The van der Waals surface area contributed by atoms with E-state index in [0.717, 1.165) is 6.42 Å². The number of hydrogen-bond donors (Lipinski definition) is 0. The minimum atomic E-state index is 1.15. The van der Waals surface area contributed by atoms with Crippen molar-refractivity contribution in [3.8, 4) is 0 Å². The average Bonchev–Trinajstić information content (AvgIpc) is 2.30. The van der Waals surface area contributed by atoms with Gasteiger partial charge in [0.25, 0.3) is 0 Å². The minimum Gasteiger partial charge on any atom is -0.145 e. The molecule has 1 aromatic rings. The lowest BCUT2D eigenvalue weighted by molar-refractivity contribution is 1.11. The van der Waals surface area contributed by atoms with E-state index in [1.165, 1.54) is 20.9 Å². The van der Waals surface area contributed by atoms with Crippen molar-refractivity contribution < 1.29 is 0 Å². The topological polar surface area (TPSA) is 0 Å². The third-order valence-electron chi connectivity index (χ3n) is 2.04. The maximum atomic E-state index is 2.29. The Kier molecular flexibility index (Phi) is 3.10. The standard InChI is InChI=1S/C11H16S/c1-5-8(2)6-11-7-9(3)12-10(11)4/h6-7H,5H2,1-4H3. The van der Waals surface area contributed by atoms with Crippen LogP contribution in [0.5, 0.6) is 0 Å². The van der Waals surface area contributed by atoms with E-state index in [9.17, 15) is 0 Å². The molecule has 0 nitrogen and oxygen atoms in total. The van der Waals surface area contributed by atoms with E-state index in [4.69, 9.17) is 0 Å². The first-order valence-corrected chi connectivity index (χ1v) is 5.19. The quantitative estimate of drug-likeness (QED) is 0.640. The molecule has 0 aromatic carbocycles. The highest BCUT2D eigenvalue weighted by atomic mass is 32.1. The van der Waals surface area contributed by atoms with Gasteiger partial charge in [-0.2, -0.15) is 0 Å². The fourth-order valence-electron chi connectivity index (χ4n) is 1.16. The third-order valence-corrected chi connectivity index (χ3v) is 3.02. The summed E-state index contributed by atoms with van der Waals surface area (Å²) in [4.78, 5) is 2.84. The Balaban J connectivity index is 2.95. The van der Waals surface area contributed by atoms with Crippen molar-refractivity contribution in [3.63, 3.8) is 0 Å². The van der Waals surface area contributed by atoms with Crippen molar-refractivity contribution in [2.24, 2.45) is 0 Å². The predicted molar refractivity (Wildman–Crippen MR) is 57.7 cm³/mol. The molecule has 0 saturated carbocycles. The fourth-order valence-corrected chi connectivity index (χ4v) is 2.07. The van der Waals surface area contributed by atoms with E-state index >= 15 is 0 Å². The number of aryl methyl sites for hydroxylation is 2. The van der Waals surface area contributed by atoms with Gasteiger partial charge in [-0.25, -0.2) is 0 Å². The number of thiophene rings is 1. The highest BCUT2D eigenvalue weighted by molar-refractivity contribution is 7.12. The lowest BCUT2D eigenvalue weighted by atomic mass is 10.1. The molecule has 0 spiro atoms. The van der Waals surface area contributed by atoms with Crippen LogP contribution in [0.25, 0.3) is 6.08 Å². The van der Waals surface area contributed by atoms with Crippen molar-refractivity contribution in [1.82, 2.24) is 0 Å². The molecule has 0 aliphatic rings. The molecule has 0 aliphatic carbocycles. The largest absolute Gasteiger partial charge is 0.145 e. The van der Waals surface area contributed by atoms with Gasteiger partial charge in [0.1, 0.15) is 0 Å². The normalized spacial score (nSPS) is 12.2. The van der Waals surface area contributed by atoms with Crippen LogP contribution >= 0.6 is 11.3 Å². The van der Waals surface area contributed by atoms with Gasteiger partial charge in [0.2, 0.25) is 0 Å². The SMILES string of the molecule is CCC(C)=Cc1cc(C)sc1C. The lowest BCUT2D eigenvalue weighted by Crippen LogP contribution is -1.73. The van der Waals surface area contributed by atoms with Gasteiger partial charge in [0.05, 0.1) is 0 Å².